The summed E-state index contributed by atoms with van der Waals surface area (Å²) in [5, 5.41) is 9.70. The van der Waals surface area contributed by atoms with E-state index >= 15 is 0 Å². The maximum atomic E-state index is 12.6. The molecule has 7 heteroatoms. The van der Waals surface area contributed by atoms with E-state index in [1.807, 2.05) is 36.7 Å². The summed E-state index contributed by atoms with van der Waals surface area (Å²) in [6.07, 6.45) is 8.02. The first kappa shape index (κ1) is 19.6. The fraction of sp³-hybridized carbons (Fsp3) is 0.333. The van der Waals surface area contributed by atoms with Gasteiger partial charge in [-0.1, -0.05) is 25.1 Å². The largest absolute Gasteiger partial charge is 0.354 e. The van der Waals surface area contributed by atoms with Gasteiger partial charge in [-0.05, 0) is 41.1 Å². The molecule has 2 fully saturated rings. The molecular weight excluding hydrogens is 388 g/mol. The van der Waals surface area contributed by atoms with Crippen LogP contribution in [0.1, 0.15) is 24.5 Å². The molecule has 0 spiro atoms. The fourth-order valence-electron chi connectivity index (χ4n) is 4.30. The first-order valence-corrected chi connectivity index (χ1v) is 10.7. The molecule has 2 aromatic heterocycles. The van der Waals surface area contributed by atoms with E-state index in [9.17, 15) is 4.79 Å². The number of hydrazone groups is 1. The van der Waals surface area contributed by atoms with Gasteiger partial charge in [0.15, 0.2) is 0 Å². The Morgan fingerprint density at radius 1 is 1.19 bits per heavy atom. The van der Waals surface area contributed by atoms with Gasteiger partial charge in [0.1, 0.15) is 5.82 Å². The second kappa shape index (κ2) is 8.07. The Morgan fingerprint density at radius 3 is 2.87 bits per heavy atom. The van der Waals surface area contributed by atoms with Crippen LogP contribution in [0.4, 0.5) is 5.82 Å². The lowest BCUT2D eigenvalue weighted by Gasteiger charge is -2.28. The van der Waals surface area contributed by atoms with E-state index < -0.39 is 0 Å². The summed E-state index contributed by atoms with van der Waals surface area (Å²) in [6, 6.07) is 12.1. The Balaban J connectivity index is 1.20. The van der Waals surface area contributed by atoms with Gasteiger partial charge in [-0.3, -0.25) is 9.78 Å². The van der Waals surface area contributed by atoms with Crippen LogP contribution in [0.15, 0.2) is 60.1 Å². The van der Waals surface area contributed by atoms with Gasteiger partial charge in [-0.15, -0.1) is 0 Å². The number of carbonyl (C=O) groups is 1. The van der Waals surface area contributed by atoms with E-state index in [1.54, 1.807) is 12.4 Å². The minimum atomic E-state index is -0.176. The molecule has 7 nitrogen and oxygen atoms in total. The third-order valence-electron chi connectivity index (χ3n) is 6.45. The lowest BCUT2D eigenvalue weighted by atomic mass is 9.97. The van der Waals surface area contributed by atoms with E-state index in [1.165, 1.54) is 0 Å². The van der Waals surface area contributed by atoms with Crippen LogP contribution in [0.2, 0.25) is 0 Å². The minimum Gasteiger partial charge on any atom is -0.354 e. The average molecular weight is 415 g/mol. The molecule has 2 N–H and O–H groups in total. The molecule has 1 aromatic carbocycles. The second-order valence-corrected chi connectivity index (χ2v) is 8.53. The maximum absolute atomic E-state index is 12.6. The standard InChI is InChI=1S/C24H26N6O/c1-24(20-4-5-22(27-16-20)30-10-8-25-9-11-30)13-21(24)23(31)29-28-14-17-2-3-19-15-26-7-6-18(19)12-17/h2-7,12,14-16,21,25H,8-11,13H2,1H3,(H,29,31)/b28-14+. The van der Waals surface area contributed by atoms with E-state index in [0.29, 0.717) is 0 Å². The van der Waals surface area contributed by atoms with E-state index in [4.69, 9.17) is 0 Å². The quantitative estimate of drug-likeness (QED) is 0.495. The Labute approximate surface area is 181 Å². The van der Waals surface area contributed by atoms with Crippen LogP contribution in [0, 0.1) is 5.92 Å². The van der Waals surface area contributed by atoms with Crippen molar-refractivity contribution in [3.05, 3.63) is 66.1 Å². The Kier molecular flexibility index (Phi) is 5.11. The Morgan fingerprint density at radius 2 is 2.06 bits per heavy atom. The molecule has 1 saturated heterocycles. The van der Waals surface area contributed by atoms with Crippen LogP contribution in [-0.2, 0) is 10.2 Å². The minimum absolute atomic E-state index is 0.0464. The molecular formula is C24H26N6O. The SMILES string of the molecule is CC1(c2ccc(N3CCNCC3)nc2)CC1C(=O)N/N=C/c1ccc2cnccc2c1. The molecule has 2 unspecified atom stereocenters. The Bertz CT molecular complexity index is 1120. The van der Waals surface area contributed by atoms with Crippen LogP contribution in [-0.4, -0.2) is 48.3 Å². The first-order valence-electron chi connectivity index (χ1n) is 10.7. The number of piperazine rings is 1. The van der Waals surface area contributed by atoms with Gasteiger partial charge in [-0.25, -0.2) is 10.4 Å². The van der Waals surface area contributed by atoms with Gasteiger partial charge < -0.3 is 10.2 Å². The van der Waals surface area contributed by atoms with Crippen molar-refractivity contribution in [2.75, 3.05) is 31.1 Å². The van der Waals surface area contributed by atoms with Crippen molar-refractivity contribution in [3.8, 4) is 0 Å². The highest BCUT2D eigenvalue weighted by Gasteiger charge is 2.55. The molecule has 2 aliphatic rings. The molecule has 3 heterocycles. The molecule has 158 valence electrons. The van der Waals surface area contributed by atoms with Crippen LogP contribution < -0.4 is 15.6 Å². The van der Waals surface area contributed by atoms with Gasteiger partial charge in [0, 0.05) is 55.6 Å². The normalized spacial score (nSPS) is 23.3. The van der Waals surface area contributed by atoms with Crippen molar-refractivity contribution < 1.29 is 4.79 Å². The zero-order chi connectivity index (χ0) is 21.3. The lowest BCUT2D eigenvalue weighted by molar-refractivity contribution is -0.122. The van der Waals surface area contributed by atoms with Crippen molar-refractivity contribution in [2.45, 2.75) is 18.8 Å². The van der Waals surface area contributed by atoms with Gasteiger partial charge in [0.2, 0.25) is 5.91 Å². The molecule has 1 aliphatic heterocycles. The zero-order valence-electron chi connectivity index (χ0n) is 17.6. The fourth-order valence-corrected chi connectivity index (χ4v) is 4.30. The maximum Gasteiger partial charge on any atom is 0.244 e. The summed E-state index contributed by atoms with van der Waals surface area (Å²) in [5.74, 6) is 0.875. The second-order valence-electron chi connectivity index (χ2n) is 8.53. The van der Waals surface area contributed by atoms with Crippen LogP contribution in [0.5, 0.6) is 0 Å². The summed E-state index contributed by atoms with van der Waals surface area (Å²) in [6.45, 7) is 6.04. The average Bonchev–Trinajstić information content (AvgIpc) is 3.52. The Hall–Kier alpha value is -3.32. The van der Waals surface area contributed by atoms with Gasteiger partial charge >= 0.3 is 0 Å². The summed E-state index contributed by atoms with van der Waals surface area (Å²) < 4.78 is 0. The number of aromatic nitrogens is 2. The highest BCUT2D eigenvalue weighted by atomic mass is 16.2. The van der Waals surface area contributed by atoms with Crippen molar-refractivity contribution in [1.82, 2.24) is 20.7 Å². The molecule has 1 aliphatic carbocycles. The van der Waals surface area contributed by atoms with Crippen LogP contribution in [0.3, 0.4) is 0 Å². The molecule has 2 atom stereocenters. The molecule has 0 radical (unpaired) electrons. The number of pyridine rings is 2. The van der Waals surface area contributed by atoms with Crippen LogP contribution in [0.25, 0.3) is 10.8 Å². The zero-order valence-corrected chi connectivity index (χ0v) is 17.6. The summed E-state index contributed by atoms with van der Waals surface area (Å²) in [4.78, 5) is 23.7. The highest BCUT2D eigenvalue weighted by Crippen LogP contribution is 2.54. The van der Waals surface area contributed by atoms with E-state index in [0.717, 1.165) is 60.3 Å². The number of benzene rings is 1. The van der Waals surface area contributed by atoms with Gasteiger partial charge in [0.05, 0.1) is 12.1 Å². The number of carbonyl (C=O) groups excluding carboxylic acids is 1. The molecule has 1 saturated carbocycles. The summed E-state index contributed by atoms with van der Waals surface area (Å²) in [5.41, 5.74) is 4.58. The highest BCUT2D eigenvalue weighted by molar-refractivity contribution is 5.91. The lowest BCUT2D eigenvalue weighted by Crippen LogP contribution is -2.43. The van der Waals surface area contributed by atoms with Gasteiger partial charge in [0.25, 0.3) is 0 Å². The third-order valence-corrected chi connectivity index (χ3v) is 6.45. The molecule has 5 rings (SSSR count). The summed E-state index contributed by atoms with van der Waals surface area (Å²) >= 11 is 0. The molecule has 0 bridgehead atoms. The van der Waals surface area contributed by atoms with Crippen molar-refractivity contribution >= 4 is 28.7 Å². The first-order chi connectivity index (χ1) is 15.1. The van der Waals surface area contributed by atoms with E-state index in [-0.39, 0.29) is 17.2 Å². The molecule has 3 aromatic rings. The number of hydrogen-bond donors (Lipinski definition) is 2. The summed E-state index contributed by atoms with van der Waals surface area (Å²) in [7, 11) is 0. The molecule has 1 amide bonds. The van der Waals surface area contributed by atoms with Crippen molar-refractivity contribution in [1.29, 1.82) is 0 Å². The number of amides is 1. The number of nitrogens with zero attached hydrogens (tertiary/aromatic N) is 4. The molecule has 31 heavy (non-hydrogen) atoms. The predicted molar refractivity (Wildman–Crippen MR) is 122 cm³/mol. The monoisotopic (exact) mass is 414 g/mol. The topological polar surface area (TPSA) is 82.5 Å². The predicted octanol–water partition coefficient (Wildman–Crippen LogP) is 2.47. The number of rotatable bonds is 5. The number of nitrogens with one attached hydrogen (secondary N) is 2. The van der Waals surface area contributed by atoms with Crippen molar-refractivity contribution in [2.24, 2.45) is 11.0 Å². The smallest absolute Gasteiger partial charge is 0.244 e. The third kappa shape index (κ3) is 4.01. The van der Waals surface area contributed by atoms with Gasteiger partial charge in [-0.2, -0.15) is 5.10 Å². The van der Waals surface area contributed by atoms with Crippen LogP contribution >= 0.6 is 0 Å². The number of hydrogen-bond acceptors (Lipinski definition) is 6. The number of fused-ring (bicyclic) bond motifs is 1. The van der Waals surface area contributed by atoms with E-state index in [2.05, 4.69) is 49.8 Å². The number of anilines is 1. The van der Waals surface area contributed by atoms with Crippen molar-refractivity contribution in [3.63, 3.8) is 0 Å².